The molecule has 0 saturated heterocycles. The van der Waals surface area contributed by atoms with Crippen LogP contribution in [0.2, 0.25) is 0 Å². The Kier molecular flexibility index (Phi) is 66.6. The van der Waals surface area contributed by atoms with Gasteiger partial charge < -0.3 is 14.2 Å². The van der Waals surface area contributed by atoms with E-state index in [1.54, 1.807) is 0 Å². The lowest BCUT2D eigenvalue weighted by Crippen LogP contribution is -2.30. The van der Waals surface area contributed by atoms with Crippen molar-refractivity contribution in [2.45, 2.75) is 393 Å². The Morgan fingerprint density at radius 1 is 0.263 bits per heavy atom. The highest BCUT2D eigenvalue weighted by atomic mass is 16.6. The standard InChI is InChI=1S/C74H136O6/c1-4-7-10-13-16-19-22-25-28-31-33-35-37-39-41-43-46-49-52-55-58-61-64-67-73(76)79-70-71(69-78-72(75)66-63-60-57-54-51-48-45-30-27-24-21-18-15-12-9-6-3)80-74(77)68-65-62-59-56-53-50-47-44-42-40-38-36-34-32-29-26-23-20-17-14-11-8-5-2/h7,10,16,19,25,28,33,35,71H,4-6,8-9,11-15,17-18,20-24,26-27,29-32,34,36-70H2,1-3H3/b10-7-,19-16-,28-25-,35-33-. The number of carbonyl (C=O) groups is 3. The summed E-state index contributed by atoms with van der Waals surface area (Å²) in [6.07, 6.45) is 87.1. The number of esters is 3. The van der Waals surface area contributed by atoms with Crippen molar-refractivity contribution in [3.05, 3.63) is 48.6 Å². The summed E-state index contributed by atoms with van der Waals surface area (Å²) in [4.78, 5) is 38.5. The number of carbonyl (C=O) groups excluding carboxylic acids is 3. The Morgan fingerprint density at radius 3 is 0.762 bits per heavy atom. The number of hydrogen-bond acceptors (Lipinski definition) is 6. The van der Waals surface area contributed by atoms with E-state index in [4.69, 9.17) is 14.2 Å². The van der Waals surface area contributed by atoms with E-state index in [1.165, 1.54) is 263 Å². The second-order valence-electron chi connectivity index (χ2n) is 24.1. The van der Waals surface area contributed by atoms with Crippen LogP contribution in [-0.4, -0.2) is 37.2 Å². The molecule has 0 saturated carbocycles. The van der Waals surface area contributed by atoms with Gasteiger partial charge in [0.25, 0.3) is 0 Å². The fourth-order valence-electron chi connectivity index (χ4n) is 10.8. The third-order valence-corrected chi connectivity index (χ3v) is 16.1. The van der Waals surface area contributed by atoms with Crippen molar-refractivity contribution >= 4 is 17.9 Å². The number of ether oxygens (including phenoxy) is 3. The van der Waals surface area contributed by atoms with Gasteiger partial charge in [-0.2, -0.15) is 0 Å². The third-order valence-electron chi connectivity index (χ3n) is 16.1. The predicted octanol–water partition coefficient (Wildman–Crippen LogP) is 24.5. The molecule has 0 fully saturated rings. The summed E-state index contributed by atoms with van der Waals surface area (Å²) in [5, 5.41) is 0. The highest BCUT2D eigenvalue weighted by Crippen LogP contribution is 2.19. The predicted molar refractivity (Wildman–Crippen MR) is 349 cm³/mol. The molecule has 0 rings (SSSR count). The molecular formula is C74H136O6. The Balaban J connectivity index is 4.29. The molecule has 0 aromatic carbocycles. The maximum absolute atomic E-state index is 13.0. The summed E-state index contributed by atoms with van der Waals surface area (Å²) in [5.41, 5.74) is 0. The normalized spacial score (nSPS) is 12.3. The molecule has 0 aliphatic heterocycles. The molecule has 0 amide bonds. The molecule has 0 aromatic heterocycles. The van der Waals surface area contributed by atoms with Crippen molar-refractivity contribution in [2.75, 3.05) is 13.2 Å². The first-order chi connectivity index (χ1) is 39.5. The van der Waals surface area contributed by atoms with Gasteiger partial charge in [-0.25, -0.2) is 0 Å². The topological polar surface area (TPSA) is 78.9 Å². The van der Waals surface area contributed by atoms with Crippen molar-refractivity contribution in [2.24, 2.45) is 0 Å². The van der Waals surface area contributed by atoms with Crippen molar-refractivity contribution in [3.63, 3.8) is 0 Å². The molecule has 0 aliphatic rings. The van der Waals surface area contributed by atoms with E-state index in [9.17, 15) is 14.4 Å². The number of hydrogen-bond donors (Lipinski definition) is 0. The molecule has 0 N–H and O–H groups in total. The van der Waals surface area contributed by atoms with Crippen LogP contribution in [0.1, 0.15) is 387 Å². The zero-order valence-electron chi connectivity index (χ0n) is 53.9. The van der Waals surface area contributed by atoms with E-state index in [1.807, 2.05) is 0 Å². The summed E-state index contributed by atoms with van der Waals surface area (Å²) < 4.78 is 17.0. The lowest BCUT2D eigenvalue weighted by Gasteiger charge is -2.18. The summed E-state index contributed by atoms with van der Waals surface area (Å²) in [6.45, 7) is 6.61. The van der Waals surface area contributed by atoms with Crippen molar-refractivity contribution in [1.82, 2.24) is 0 Å². The molecule has 0 spiro atoms. The maximum atomic E-state index is 13.0. The molecule has 0 radical (unpaired) electrons. The molecule has 80 heavy (non-hydrogen) atoms. The van der Waals surface area contributed by atoms with Gasteiger partial charge in [-0.3, -0.25) is 14.4 Å². The summed E-state index contributed by atoms with van der Waals surface area (Å²) >= 11 is 0. The zero-order chi connectivity index (χ0) is 57.8. The lowest BCUT2D eigenvalue weighted by molar-refractivity contribution is -0.167. The number of rotatable bonds is 66. The molecule has 1 atom stereocenters. The minimum absolute atomic E-state index is 0.0681. The summed E-state index contributed by atoms with van der Waals surface area (Å²) in [5.74, 6) is -0.842. The minimum atomic E-state index is -0.773. The molecule has 6 nitrogen and oxygen atoms in total. The molecule has 0 heterocycles. The quantitative estimate of drug-likeness (QED) is 0.0261. The van der Waals surface area contributed by atoms with Gasteiger partial charge in [-0.15, -0.1) is 0 Å². The van der Waals surface area contributed by atoms with E-state index in [-0.39, 0.29) is 31.1 Å². The third kappa shape index (κ3) is 66.2. The Labute approximate surface area is 498 Å². The Bertz CT molecular complexity index is 1380. The first-order valence-electron chi connectivity index (χ1n) is 35.6. The molecule has 0 aliphatic carbocycles. The van der Waals surface area contributed by atoms with E-state index >= 15 is 0 Å². The van der Waals surface area contributed by atoms with E-state index in [0.29, 0.717) is 19.3 Å². The molecule has 468 valence electrons. The van der Waals surface area contributed by atoms with Gasteiger partial charge in [0.05, 0.1) is 0 Å². The largest absolute Gasteiger partial charge is 0.462 e. The fourth-order valence-corrected chi connectivity index (χ4v) is 10.8. The van der Waals surface area contributed by atoms with Crippen molar-refractivity contribution in [3.8, 4) is 0 Å². The van der Waals surface area contributed by atoms with Crippen molar-refractivity contribution < 1.29 is 28.6 Å². The van der Waals surface area contributed by atoms with Gasteiger partial charge in [-0.05, 0) is 57.8 Å². The minimum Gasteiger partial charge on any atom is -0.462 e. The first-order valence-corrected chi connectivity index (χ1v) is 35.6. The maximum Gasteiger partial charge on any atom is 0.306 e. The molecule has 6 heteroatoms. The average Bonchev–Trinajstić information content (AvgIpc) is 3.46. The lowest BCUT2D eigenvalue weighted by atomic mass is 10.0. The van der Waals surface area contributed by atoms with E-state index in [0.717, 1.165) is 83.5 Å². The molecular weight excluding hydrogens is 985 g/mol. The van der Waals surface area contributed by atoms with Gasteiger partial charge in [0.1, 0.15) is 13.2 Å². The van der Waals surface area contributed by atoms with Crippen LogP contribution in [0.25, 0.3) is 0 Å². The first kappa shape index (κ1) is 77.4. The van der Waals surface area contributed by atoms with E-state index in [2.05, 4.69) is 69.4 Å². The van der Waals surface area contributed by atoms with Gasteiger partial charge in [0.2, 0.25) is 0 Å². The molecule has 1 unspecified atom stereocenters. The van der Waals surface area contributed by atoms with Gasteiger partial charge in [0, 0.05) is 19.3 Å². The van der Waals surface area contributed by atoms with Crippen LogP contribution < -0.4 is 0 Å². The van der Waals surface area contributed by atoms with Crippen LogP contribution in [0, 0.1) is 0 Å². The SMILES string of the molecule is CC/C=C\C/C=C\C/C=C\C/C=C\CCCCCCCCCCCCC(=O)OCC(COC(=O)CCCCCCCCCCCCCCCCCC)OC(=O)CCCCCCCCCCCCCCCCCCCCCCCCC. The van der Waals surface area contributed by atoms with Gasteiger partial charge in [0.15, 0.2) is 6.10 Å². The van der Waals surface area contributed by atoms with E-state index < -0.39 is 6.10 Å². The molecule has 0 bridgehead atoms. The van der Waals surface area contributed by atoms with Crippen LogP contribution in [0.4, 0.5) is 0 Å². The Morgan fingerprint density at radius 2 is 0.487 bits per heavy atom. The van der Waals surface area contributed by atoms with Crippen LogP contribution in [0.5, 0.6) is 0 Å². The highest BCUT2D eigenvalue weighted by Gasteiger charge is 2.19. The van der Waals surface area contributed by atoms with Crippen LogP contribution in [0.15, 0.2) is 48.6 Å². The van der Waals surface area contributed by atoms with Gasteiger partial charge >= 0.3 is 17.9 Å². The van der Waals surface area contributed by atoms with Crippen LogP contribution >= 0.6 is 0 Å². The Hall–Kier alpha value is -2.63. The van der Waals surface area contributed by atoms with Crippen molar-refractivity contribution in [1.29, 1.82) is 0 Å². The highest BCUT2D eigenvalue weighted by molar-refractivity contribution is 5.71. The van der Waals surface area contributed by atoms with Crippen LogP contribution in [-0.2, 0) is 28.6 Å². The zero-order valence-corrected chi connectivity index (χ0v) is 53.9. The van der Waals surface area contributed by atoms with Crippen LogP contribution in [0.3, 0.4) is 0 Å². The number of unbranched alkanes of at least 4 members (excludes halogenated alkanes) is 47. The second-order valence-corrected chi connectivity index (χ2v) is 24.1. The summed E-state index contributed by atoms with van der Waals surface area (Å²) in [6, 6.07) is 0. The second kappa shape index (κ2) is 68.9. The smallest absolute Gasteiger partial charge is 0.306 e. The number of allylic oxidation sites excluding steroid dienone is 8. The summed E-state index contributed by atoms with van der Waals surface area (Å²) in [7, 11) is 0. The average molecular weight is 1120 g/mol. The fraction of sp³-hybridized carbons (Fsp3) is 0.851. The monoisotopic (exact) mass is 1120 g/mol. The molecule has 0 aromatic rings. The van der Waals surface area contributed by atoms with Gasteiger partial charge in [-0.1, -0.05) is 358 Å².